The number of hydrogen-bond acceptors (Lipinski definition) is 3. The molecule has 0 radical (unpaired) electrons. The van der Waals surface area contributed by atoms with Gasteiger partial charge in [0.25, 0.3) is 0 Å². The van der Waals surface area contributed by atoms with Crippen molar-refractivity contribution in [2.45, 2.75) is 26.3 Å². The maximum Gasteiger partial charge on any atom is 0.105 e. The smallest absolute Gasteiger partial charge is 0.105 e. The highest BCUT2D eigenvalue weighted by atomic mass is 32.1. The van der Waals surface area contributed by atoms with E-state index in [1.54, 1.807) is 11.3 Å². The minimum Gasteiger partial charge on any atom is -0.299 e. The second-order valence-electron chi connectivity index (χ2n) is 2.86. The summed E-state index contributed by atoms with van der Waals surface area (Å²) in [5, 5.41) is 3.30. The molecular weight excluding hydrogens is 180 g/mol. The van der Waals surface area contributed by atoms with E-state index in [1.165, 1.54) is 0 Å². The number of rotatable bonds is 4. The average molecular weight is 194 g/mol. The van der Waals surface area contributed by atoms with Gasteiger partial charge in [-0.05, 0) is 19.9 Å². The molecule has 1 aromatic rings. The van der Waals surface area contributed by atoms with Crippen LogP contribution in [0.15, 0.2) is 5.51 Å². The zero-order valence-electron chi connectivity index (χ0n) is 8.00. The van der Waals surface area contributed by atoms with Crippen LogP contribution in [0.4, 0.5) is 0 Å². The zero-order chi connectivity index (χ0) is 9.68. The predicted molar refractivity (Wildman–Crippen MR) is 56.7 cm³/mol. The Hall–Kier alpha value is -0.850. The summed E-state index contributed by atoms with van der Waals surface area (Å²) in [6, 6.07) is 0.0347. The Morgan fingerprint density at radius 3 is 3.00 bits per heavy atom. The average Bonchev–Trinajstić information content (AvgIpc) is 2.54. The molecule has 0 aliphatic rings. The van der Waals surface area contributed by atoms with Crippen molar-refractivity contribution in [3.8, 4) is 12.3 Å². The van der Waals surface area contributed by atoms with E-state index in [1.807, 2.05) is 12.4 Å². The Bertz CT molecular complexity index is 298. The van der Waals surface area contributed by atoms with E-state index in [-0.39, 0.29) is 6.04 Å². The van der Waals surface area contributed by atoms with E-state index in [0.29, 0.717) is 0 Å². The molecule has 1 aromatic heterocycles. The Labute approximate surface area is 83.4 Å². The van der Waals surface area contributed by atoms with E-state index in [4.69, 9.17) is 6.42 Å². The highest BCUT2D eigenvalue weighted by Gasteiger charge is 2.11. The normalized spacial score (nSPS) is 12.4. The van der Waals surface area contributed by atoms with Crippen LogP contribution in [0.1, 0.15) is 30.0 Å². The summed E-state index contributed by atoms with van der Waals surface area (Å²) in [7, 11) is 0. The van der Waals surface area contributed by atoms with Crippen molar-refractivity contribution in [1.29, 1.82) is 0 Å². The molecule has 0 aliphatic carbocycles. The van der Waals surface area contributed by atoms with E-state index < -0.39 is 0 Å². The molecule has 0 spiro atoms. The second-order valence-corrected chi connectivity index (χ2v) is 3.74. The summed E-state index contributed by atoms with van der Waals surface area (Å²) in [6.07, 6.45) is 6.53. The largest absolute Gasteiger partial charge is 0.299 e. The molecule has 0 bridgehead atoms. The quantitative estimate of drug-likeness (QED) is 0.743. The van der Waals surface area contributed by atoms with Crippen LogP contribution in [0.25, 0.3) is 0 Å². The summed E-state index contributed by atoms with van der Waals surface area (Å²) in [5.41, 5.74) is 2.87. The number of aromatic nitrogens is 1. The lowest BCUT2D eigenvalue weighted by molar-refractivity contribution is 0.630. The van der Waals surface area contributed by atoms with Crippen molar-refractivity contribution in [2.75, 3.05) is 6.54 Å². The molecule has 1 heterocycles. The van der Waals surface area contributed by atoms with Gasteiger partial charge in [0.05, 0.1) is 16.1 Å². The van der Waals surface area contributed by atoms with Gasteiger partial charge >= 0.3 is 0 Å². The standard InChI is InChI=1S/C10H14N2S/c1-4-6-11-9(5-2)10-8(3)12-7-13-10/h2,7,9,11H,4,6H2,1,3H3. The highest BCUT2D eigenvalue weighted by Crippen LogP contribution is 2.20. The number of nitrogens with zero attached hydrogens (tertiary/aromatic N) is 1. The first kappa shape index (κ1) is 10.2. The van der Waals surface area contributed by atoms with Gasteiger partial charge in [-0.1, -0.05) is 12.8 Å². The van der Waals surface area contributed by atoms with E-state index in [0.717, 1.165) is 23.5 Å². The van der Waals surface area contributed by atoms with Crippen molar-refractivity contribution in [3.05, 3.63) is 16.1 Å². The number of hydrogen-bond donors (Lipinski definition) is 1. The summed E-state index contributed by atoms with van der Waals surface area (Å²) in [6.45, 7) is 5.07. The monoisotopic (exact) mass is 194 g/mol. The predicted octanol–water partition coefficient (Wildman–Crippen LogP) is 2.13. The van der Waals surface area contributed by atoms with Crippen molar-refractivity contribution >= 4 is 11.3 Å². The van der Waals surface area contributed by atoms with Crippen LogP contribution in [-0.4, -0.2) is 11.5 Å². The fraction of sp³-hybridized carbons (Fsp3) is 0.500. The first-order chi connectivity index (χ1) is 6.29. The van der Waals surface area contributed by atoms with Gasteiger partial charge in [-0.2, -0.15) is 0 Å². The lowest BCUT2D eigenvalue weighted by Crippen LogP contribution is -2.20. The summed E-state index contributed by atoms with van der Waals surface area (Å²) in [5.74, 6) is 2.74. The lowest BCUT2D eigenvalue weighted by atomic mass is 10.2. The molecule has 1 N–H and O–H groups in total. The molecule has 70 valence electrons. The maximum absolute atomic E-state index is 5.44. The third kappa shape index (κ3) is 2.55. The van der Waals surface area contributed by atoms with Crippen molar-refractivity contribution < 1.29 is 0 Å². The van der Waals surface area contributed by atoms with Gasteiger partial charge in [0, 0.05) is 0 Å². The third-order valence-corrected chi connectivity index (χ3v) is 2.81. The molecule has 3 heteroatoms. The minimum absolute atomic E-state index is 0.0347. The van der Waals surface area contributed by atoms with Crippen LogP contribution >= 0.6 is 11.3 Å². The zero-order valence-corrected chi connectivity index (χ0v) is 8.82. The SMILES string of the molecule is C#CC(NCCC)c1scnc1C. The molecule has 0 aromatic carbocycles. The topological polar surface area (TPSA) is 24.9 Å². The number of nitrogens with one attached hydrogen (secondary N) is 1. The van der Waals surface area contributed by atoms with Gasteiger partial charge in [0.15, 0.2) is 0 Å². The lowest BCUT2D eigenvalue weighted by Gasteiger charge is -2.10. The van der Waals surface area contributed by atoms with E-state index in [2.05, 4.69) is 23.1 Å². The summed E-state index contributed by atoms with van der Waals surface area (Å²) < 4.78 is 0. The van der Waals surface area contributed by atoms with Crippen LogP contribution in [0.5, 0.6) is 0 Å². The molecule has 1 atom stereocenters. The highest BCUT2D eigenvalue weighted by molar-refractivity contribution is 7.09. The Morgan fingerprint density at radius 2 is 2.54 bits per heavy atom. The number of thiazole rings is 1. The number of terminal acetylenes is 1. The molecule has 1 unspecified atom stereocenters. The molecular formula is C10H14N2S. The van der Waals surface area contributed by atoms with Crippen molar-refractivity contribution in [2.24, 2.45) is 0 Å². The molecule has 2 nitrogen and oxygen atoms in total. The van der Waals surface area contributed by atoms with Crippen LogP contribution in [0.2, 0.25) is 0 Å². The fourth-order valence-corrected chi connectivity index (χ4v) is 1.94. The summed E-state index contributed by atoms with van der Waals surface area (Å²) in [4.78, 5) is 5.34. The second kappa shape index (κ2) is 5.00. The van der Waals surface area contributed by atoms with Crippen molar-refractivity contribution in [1.82, 2.24) is 10.3 Å². The van der Waals surface area contributed by atoms with Crippen LogP contribution in [0.3, 0.4) is 0 Å². The summed E-state index contributed by atoms with van der Waals surface area (Å²) >= 11 is 1.62. The first-order valence-electron chi connectivity index (χ1n) is 4.39. The van der Waals surface area contributed by atoms with Crippen molar-refractivity contribution in [3.63, 3.8) is 0 Å². The molecule has 13 heavy (non-hydrogen) atoms. The van der Waals surface area contributed by atoms with Crippen LogP contribution in [-0.2, 0) is 0 Å². The Morgan fingerprint density at radius 1 is 1.77 bits per heavy atom. The molecule has 1 rings (SSSR count). The van der Waals surface area contributed by atoms with Gasteiger partial charge in [0.1, 0.15) is 6.04 Å². The van der Waals surface area contributed by atoms with Crippen LogP contribution < -0.4 is 5.32 Å². The molecule has 0 fully saturated rings. The molecule has 0 saturated carbocycles. The minimum atomic E-state index is 0.0347. The Kier molecular flexibility index (Phi) is 3.94. The maximum atomic E-state index is 5.44. The van der Waals surface area contributed by atoms with Gasteiger partial charge < -0.3 is 0 Å². The van der Waals surface area contributed by atoms with Gasteiger partial charge in [-0.15, -0.1) is 17.8 Å². The Balaban J connectivity index is 2.68. The van der Waals surface area contributed by atoms with E-state index >= 15 is 0 Å². The number of aryl methyl sites for hydroxylation is 1. The fourth-order valence-electron chi connectivity index (χ4n) is 1.10. The van der Waals surface area contributed by atoms with Gasteiger partial charge in [0.2, 0.25) is 0 Å². The first-order valence-corrected chi connectivity index (χ1v) is 5.27. The van der Waals surface area contributed by atoms with Gasteiger partial charge in [-0.3, -0.25) is 5.32 Å². The van der Waals surface area contributed by atoms with Gasteiger partial charge in [-0.25, -0.2) is 4.98 Å². The molecule has 0 saturated heterocycles. The van der Waals surface area contributed by atoms with E-state index in [9.17, 15) is 0 Å². The molecule has 0 amide bonds. The molecule has 0 aliphatic heterocycles. The third-order valence-electron chi connectivity index (χ3n) is 1.81. The van der Waals surface area contributed by atoms with Crippen LogP contribution in [0, 0.1) is 19.3 Å².